The van der Waals surface area contributed by atoms with Gasteiger partial charge in [0.05, 0.1) is 0 Å². The van der Waals surface area contributed by atoms with Crippen LogP contribution in [0.3, 0.4) is 0 Å². The number of allylic oxidation sites excluding steroid dienone is 1. The fourth-order valence-corrected chi connectivity index (χ4v) is 1.06. The van der Waals surface area contributed by atoms with E-state index in [1.807, 2.05) is 12.2 Å². The van der Waals surface area contributed by atoms with Gasteiger partial charge in [0, 0.05) is 29.4 Å². The van der Waals surface area contributed by atoms with E-state index in [0.717, 1.165) is 18.3 Å². The third kappa shape index (κ3) is 2.99. The lowest BCUT2D eigenvalue weighted by Gasteiger charge is -1.95. The summed E-state index contributed by atoms with van der Waals surface area (Å²) in [6.07, 6.45) is 8.67. The lowest BCUT2D eigenvalue weighted by molar-refractivity contribution is 0.112. The Morgan fingerprint density at radius 3 is 3.00 bits per heavy atom. The molecule has 0 fully saturated rings. The summed E-state index contributed by atoms with van der Waals surface area (Å²) in [4.78, 5) is 14.5. The largest absolute Gasteiger partial charge is 0.298 e. The number of aromatic nitrogens is 1. The van der Waals surface area contributed by atoms with Crippen LogP contribution in [0.4, 0.5) is 0 Å². The van der Waals surface area contributed by atoms with Crippen molar-refractivity contribution < 1.29 is 4.79 Å². The molecule has 0 amide bonds. The molecule has 0 atom stereocenters. The van der Waals surface area contributed by atoms with Crippen molar-refractivity contribution in [1.82, 2.24) is 4.98 Å². The Hall–Kier alpha value is -1.15. The second kappa shape index (κ2) is 5.49. The molecule has 0 aliphatic rings. The number of carbonyl (C=O) groups is 1. The molecule has 3 heteroatoms. The van der Waals surface area contributed by atoms with Gasteiger partial charge in [0.2, 0.25) is 0 Å². The molecule has 1 aromatic heterocycles. The fourth-order valence-electron chi connectivity index (χ4n) is 0.937. The predicted molar refractivity (Wildman–Crippen MR) is 54.0 cm³/mol. The van der Waals surface area contributed by atoms with Gasteiger partial charge < -0.3 is 0 Å². The number of hydrogen-bond donors (Lipinski definition) is 0. The summed E-state index contributed by atoms with van der Waals surface area (Å²) in [5.41, 5.74) is 1.49. The number of hydrogen-bond acceptors (Lipinski definition) is 2. The molecule has 1 heterocycles. The van der Waals surface area contributed by atoms with Crippen molar-refractivity contribution in [3.05, 3.63) is 35.7 Å². The number of carbonyl (C=O) groups excluding carboxylic acids is 1. The van der Waals surface area contributed by atoms with E-state index in [1.54, 1.807) is 18.5 Å². The summed E-state index contributed by atoms with van der Waals surface area (Å²) in [6, 6.07) is 1.69. The number of pyridine rings is 1. The Morgan fingerprint density at radius 2 is 2.31 bits per heavy atom. The lowest BCUT2D eigenvalue weighted by atomic mass is 10.1. The highest BCUT2D eigenvalue weighted by molar-refractivity contribution is 6.17. The molecule has 0 bridgehead atoms. The molecule has 13 heavy (non-hydrogen) atoms. The van der Waals surface area contributed by atoms with Crippen molar-refractivity contribution in [3.63, 3.8) is 0 Å². The molecule has 1 rings (SSSR count). The Kier molecular flexibility index (Phi) is 4.19. The Bertz CT molecular complexity index is 310. The van der Waals surface area contributed by atoms with Crippen molar-refractivity contribution >= 4 is 24.0 Å². The van der Waals surface area contributed by atoms with Gasteiger partial charge in [-0.15, -0.1) is 11.6 Å². The first-order chi connectivity index (χ1) is 6.38. The quantitative estimate of drug-likeness (QED) is 0.546. The summed E-state index contributed by atoms with van der Waals surface area (Å²) < 4.78 is 0. The smallest absolute Gasteiger partial charge is 0.150 e. The van der Waals surface area contributed by atoms with Gasteiger partial charge in [-0.3, -0.25) is 9.78 Å². The Morgan fingerprint density at radius 1 is 1.46 bits per heavy atom. The minimum atomic E-state index is 0.590. The first kappa shape index (κ1) is 9.93. The maximum atomic E-state index is 10.6. The molecule has 0 saturated carbocycles. The summed E-state index contributed by atoms with van der Waals surface area (Å²) in [7, 11) is 0. The second-order valence-electron chi connectivity index (χ2n) is 2.50. The van der Waals surface area contributed by atoms with E-state index in [-0.39, 0.29) is 0 Å². The van der Waals surface area contributed by atoms with Crippen LogP contribution >= 0.6 is 11.6 Å². The highest BCUT2D eigenvalue weighted by atomic mass is 35.5. The van der Waals surface area contributed by atoms with Crippen LogP contribution in [0, 0.1) is 0 Å². The van der Waals surface area contributed by atoms with Crippen LogP contribution in [0.15, 0.2) is 24.5 Å². The zero-order chi connectivity index (χ0) is 9.52. The normalized spacial score (nSPS) is 10.5. The third-order valence-corrected chi connectivity index (χ3v) is 1.81. The second-order valence-corrected chi connectivity index (χ2v) is 2.88. The number of halogens is 1. The third-order valence-electron chi connectivity index (χ3n) is 1.59. The highest BCUT2D eigenvalue weighted by Gasteiger charge is 1.95. The Labute approximate surface area is 82.3 Å². The molecule has 0 aliphatic heterocycles. The van der Waals surface area contributed by atoms with Crippen molar-refractivity contribution in [2.75, 3.05) is 5.88 Å². The summed E-state index contributed by atoms with van der Waals surface area (Å²) in [5.74, 6) is 0.590. The van der Waals surface area contributed by atoms with Gasteiger partial charge in [-0.1, -0.05) is 12.2 Å². The average Bonchev–Trinajstić information content (AvgIpc) is 2.19. The molecule has 1 aromatic rings. The van der Waals surface area contributed by atoms with E-state index >= 15 is 0 Å². The summed E-state index contributed by atoms with van der Waals surface area (Å²) in [6.45, 7) is 0. The zero-order valence-corrected chi connectivity index (χ0v) is 7.87. The lowest BCUT2D eigenvalue weighted by Crippen LogP contribution is -1.86. The van der Waals surface area contributed by atoms with E-state index in [1.165, 1.54) is 0 Å². The molecule has 68 valence electrons. The minimum Gasteiger partial charge on any atom is -0.298 e. The number of nitrogens with zero attached hydrogens (tertiary/aromatic N) is 1. The average molecular weight is 196 g/mol. The maximum absolute atomic E-state index is 10.6. The van der Waals surface area contributed by atoms with E-state index in [0.29, 0.717) is 11.4 Å². The molecule has 0 aromatic carbocycles. The van der Waals surface area contributed by atoms with Crippen molar-refractivity contribution in [3.8, 4) is 0 Å². The molecule has 0 aliphatic carbocycles. The van der Waals surface area contributed by atoms with Crippen LogP contribution in [0.1, 0.15) is 22.3 Å². The van der Waals surface area contributed by atoms with Gasteiger partial charge >= 0.3 is 0 Å². The molecule has 2 nitrogen and oxygen atoms in total. The summed E-state index contributed by atoms with van der Waals surface area (Å²) >= 11 is 5.51. The Balaban J connectivity index is 2.80. The van der Waals surface area contributed by atoms with Crippen molar-refractivity contribution in [1.29, 1.82) is 0 Å². The molecule has 0 spiro atoms. The zero-order valence-electron chi connectivity index (χ0n) is 7.11. The molecule has 0 radical (unpaired) electrons. The van der Waals surface area contributed by atoms with Crippen LogP contribution in [-0.4, -0.2) is 17.2 Å². The first-order valence-electron chi connectivity index (χ1n) is 4.00. The van der Waals surface area contributed by atoms with Crippen LogP contribution in [0.25, 0.3) is 6.08 Å². The van der Waals surface area contributed by atoms with E-state index in [4.69, 9.17) is 11.6 Å². The van der Waals surface area contributed by atoms with Gasteiger partial charge in [-0.2, -0.15) is 0 Å². The standard InChI is InChI=1S/C10H10ClNO/c11-5-2-1-3-9-7-12-6-4-10(9)8-13/h1,3-4,6-8H,2,5H2. The van der Waals surface area contributed by atoms with Crippen molar-refractivity contribution in [2.24, 2.45) is 0 Å². The molecule has 0 unspecified atom stereocenters. The van der Waals surface area contributed by atoms with E-state index in [9.17, 15) is 4.79 Å². The fraction of sp³-hybridized carbons (Fsp3) is 0.200. The van der Waals surface area contributed by atoms with Crippen LogP contribution in [0.2, 0.25) is 0 Å². The van der Waals surface area contributed by atoms with E-state index < -0.39 is 0 Å². The predicted octanol–water partition coefficient (Wildman–Crippen LogP) is 2.54. The SMILES string of the molecule is O=Cc1ccncc1C=CCCCl. The van der Waals surface area contributed by atoms with Gasteiger partial charge in [0.15, 0.2) is 6.29 Å². The number of alkyl halides is 1. The number of aldehydes is 1. The van der Waals surface area contributed by atoms with E-state index in [2.05, 4.69) is 4.98 Å². The van der Waals surface area contributed by atoms with Gasteiger partial charge in [-0.05, 0) is 12.5 Å². The van der Waals surface area contributed by atoms with Gasteiger partial charge in [0.25, 0.3) is 0 Å². The molecular weight excluding hydrogens is 186 g/mol. The first-order valence-corrected chi connectivity index (χ1v) is 4.53. The molecule has 0 N–H and O–H groups in total. The van der Waals surface area contributed by atoms with Crippen LogP contribution in [0.5, 0.6) is 0 Å². The number of rotatable bonds is 4. The highest BCUT2D eigenvalue weighted by Crippen LogP contribution is 2.06. The summed E-state index contributed by atoms with van der Waals surface area (Å²) in [5, 5.41) is 0. The van der Waals surface area contributed by atoms with Crippen LogP contribution in [-0.2, 0) is 0 Å². The maximum Gasteiger partial charge on any atom is 0.150 e. The monoisotopic (exact) mass is 195 g/mol. The molecule has 0 saturated heterocycles. The van der Waals surface area contributed by atoms with Gasteiger partial charge in [-0.25, -0.2) is 0 Å². The minimum absolute atomic E-state index is 0.590. The molecular formula is C10H10ClNO. The van der Waals surface area contributed by atoms with Gasteiger partial charge in [0.1, 0.15) is 0 Å². The van der Waals surface area contributed by atoms with Crippen LogP contribution < -0.4 is 0 Å². The van der Waals surface area contributed by atoms with Crippen molar-refractivity contribution in [2.45, 2.75) is 6.42 Å². The topological polar surface area (TPSA) is 30.0 Å².